The summed E-state index contributed by atoms with van der Waals surface area (Å²) in [6.45, 7) is 1.84. The third-order valence-electron chi connectivity index (χ3n) is 3.66. The maximum absolute atomic E-state index is 12.5. The summed E-state index contributed by atoms with van der Waals surface area (Å²) >= 11 is 0. The van der Waals surface area contributed by atoms with Crippen LogP contribution in [0.15, 0.2) is 28.8 Å². The quantitative estimate of drug-likeness (QED) is 0.768. The van der Waals surface area contributed by atoms with Crippen LogP contribution in [0.3, 0.4) is 0 Å². The molecule has 0 atom stereocenters. The first-order chi connectivity index (χ1) is 10.3. The summed E-state index contributed by atoms with van der Waals surface area (Å²) in [7, 11) is -1.26. The van der Waals surface area contributed by atoms with Crippen molar-refractivity contribution in [1.29, 1.82) is 0 Å². The number of aryl methyl sites for hydroxylation is 2. The van der Waals surface area contributed by atoms with E-state index in [1.807, 2.05) is 13.0 Å². The molecule has 0 fully saturated rings. The topological polar surface area (TPSA) is 97.6 Å². The fraction of sp³-hybridized carbons (Fsp3) is 0.214. The number of carbonyl (C=O) groups excluding carboxylic acids is 1. The molecular weight excluding hydrogens is 308 g/mol. The average Bonchev–Trinajstić information content (AvgIpc) is 2.76. The van der Waals surface area contributed by atoms with Gasteiger partial charge in [-0.05, 0) is 19.1 Å². The highest BCUT2D eigenvalue weighted by molar-refractivity contribution is 7.90. The van der Waals surface area contributed by atoms with Crippen molar-refractivity contribution in [2.24, 2.45) is 7.05 Å². The molecule has 1 aromatic heterocycles. The summed E-state index contributed by atoms with van der Waals surface area (Å²) < 4.78 is 33.2. The van der Waals surface area contributed by atoms with Crippen molar-refractivity contribution < 1.29 is 23.1 Å². The van der Waals surface area contributed by atoms with Crippen LogP contribution in [0.2, 0.25) is 0 Å². The van der Waals surface area contributed by atoms with E-state index in [-0.39, 0.29) is 10.6 Å². The Kier molecular flexibility index (Phi) is 2.96. The van der Waals surface area contributed by atoms with Crippen molar-refractivity contribution >= 4 is 32.7 Å². The zero-order valence-electron chi connectivity index (χ0n) is 12.2. The Bertz CT molecular complexity index is 953. The van der Waals surface area contributed by atoms with E-state index in [1.165, 1.54) is 0 Å². The minimum Gasteiger partial charge on any atom is -0.504 e. The predicted octanol–water partition coefficient (Wildman–Crippen LogP) is 1.18. The van der Waals surface area contributed by atoms with E-state index in [1.54, 1.807) is 23.7 Å². The first kappa shape index (κ1) is 14.5. The van der Waals surface area contributed by atoms with Gasteiger partial charge in [0.2, 0.25) is 0 Å². The number of rotatable bonds is 1. The SMILES string of the molecule is COC(=O)C1=C(O)c2c(c3cc(C)ccc3n2C)S(=O)(=O)N1. The Balaban J connectivity index is 2.49. The number of aromatic nitrogens is 1. The lowest BCUT2D eigenvalue weighted by atomic mass is 10.2. The van der Waals surface area contributed by atoms with Crippen LogP contribution in [-0.4, -0.2) is 31.2 Å². The van der Waals surface area contributed by atoms with Crippen molar-refractivity contribution in [3.8, 4) is 0 Å². The molecule has 2 heterocycles. The van der Waals surface area contributed by atoms with Crippen molar-refractivity contribution in [3.05, 3.63) is 35.2 Å². The van der Waals surface area contributed by atoms with Crippen LogP contribution in [0.25, 0.3) is 16.7 Å². The molecule has 7 nitrogen and oxygen atoms in total. The molecule has 0 saturated heterocycles. The number of hydrogen-bond donors (Lipinski definition) is 2. The first-order valence-electron chi connectivity index (χ1n) is 6.41. The van der Waals surface area contributed by atoms with Crippen molar-refractivity contribution in [3.63, 3.8) is 0 Å². The van der Waals surface area contributed by atoms with Crippen LogP contribution in [0.1, 0.15) is 11.3 Å². The minimum absolute atomic E-state index is 0.0427. The fourth-order valence-corrected chi connectivity index (χ4v) is 4.15. The minimum atomic E-state index is -3.99. The molecule has 116 valence electrons. The van der Waals surface area contributed by atoms with Gasteiger partial charge < -0.3 is 14.4 Å². The van der Waals surface area contributed by atoms with Gasteiger partial charge in [0.25, 0.3) is 10.0 Å². The molecule has 0 bridgehead atoms. The van der Waals surface area contributed by atoms with E-state index in [0.717, 1.165) is 12.7 Å². The van der Waals surface area contributed by atoms with Gasteiger partial charge in [0, 0.05) is 18.0 Å². The molecule has 1 aliphatic rings. The maximum atomic E-state index is 12.5. The van der Waals surface area contributed by atoms with Crippen molar-refractivity contribution in [2.75, 3.05) is 7.11 Å². The number of ether oxygens (including phenoxy) is 1. The van der Waals surface area contributed by atoms with E-state index in [0.29, 0.717) is 10.9 Å². The van der Waals surface area contributed by atoms with Crippen LogP contribution in [0, 0.1) is 6.92 Å². The smallest absolute Gasteiger partial charge is 0.359 e. The Hall–Kier alpha value is -2.48. The fourth-order valence-electron chi connectivity index (χ4n) is 2.66. The number of aliphatic hydroxyl groups excluding tert-OH is 1. The number of benzene rings is 1. The van der Waals surface area contributed by atoms with Gasteiger partial charge in [0.1, 0.15) is 10.6 Å². The zero-order chi connectivity index (χ0) is 16.2. The number of carbonyl (C=O) groups is 1. The van der Waals surface area contributed by atoms with E-state index < -0.39 is 27.4 Å². The highest BCUT2D eigenvalue weighted by Crippen LogP contribution is 2.37. The predicted molar refractivity (Wildman–Crippen MR) is 79.5 cm³/mol. The summed E-state index contributed by atoms with van der Waals surface area (Å²) in [6, 6.07) is 5.34. The van der Waals surface area contributed by atoms with E-state index in [4.69, 9.17) is 0 Å². The van der Waals surface area contributed by atoms with Gasteiger partial charge in [-0.25, -0.2) is 13.2 Å². The molecule has 0 unspecified atom stereocenters. The Morgan fingerprint density at radius 2 is 2.05 bits per heavy atom. The van der Waals surface area contributed by atoms with Gasteiger partial charge >= 0.3 is 5.97 Å². The van der Waals surface area contributed by atoms with E-state index >= 15 is 0 Å². The summed E-state index contributed by atoms with van der Waals surface area (Å²) in [5, 5.41) is 10.8. The molecule has 1 aliphatic heterocycles. The molecule has 0 amide bonds. The van der Waals surface area contributed by atoms with Gasteiger partial charge in [-0.15, -0.1) is 0 Å². The molecule has 2 N–H and O–H groups in total. The second kappa shape index (κ2) is 4.51. The second-order valence-corrected chi connectivity index (χ2v) is 6.70. The number of sulfonamides is 1. The van der Waals surface area contributed by atoms with Gasteiger partial charge in [0.05, 0.1) is 7.11 Å². The summed E-state index contributed by atoms with van der Waals surface area (Å²) in [4.78, 5) is 11.6. The molecule has 0 aliphatic carbocycles. The van der Waals surface area contributed by atoms with Gasteiger partial charge in [-0.3, -0.25) is 4.72 Å². The largest absolute Gasteiger partial charge is 0.504 e. The van der Waals surface area contributed by atoms with Gasteiger partial charge in [-0.1, -0.05) is 11.6 Å². The lowest BCUT2D eigenvalue weighted by molar-refractivity contribution is -0.136. The standard InChI is InChI=1S/C14H14N2O5S/c1-7-4-5-9-8(6-7)13-11(16(9)2)12(17)10(14(18)21-3)15-22(13,19)20/h4-6,15,17H,1-3H3. The number of fused-ring (bicyclic) bond motifs is 3. The van der Waals surface area contributed by atoms with Crippen LogP contribution in [0.4, 0.5) is 0 Å². The van der Waals surface area contributed by atoms with Gasteiger partial charge in [-0.2, -0.15) is 0 Å². The second-order valence-electron chi connectivity index (χ2n) is 5.08. The zero-order valence-corrected chi connectivity index (χ0v) is 13.0. The molecule has 3 rings (SSSR count). The van der Waals surface area contributed by atoms with Gasteiger partial charge in [0.15, 0.2) is 11.5 Å². The third kappa shape index (κ3) is 1.80. The maximum Gasteiger partial charge on any atom is 0.359 e. The van der Waals surface area contributed by atoms with Crippen molar-refractivity contribution in [1.82, 2.24) is 9.29 Å². The molecule has 0 radical (unpaired) electrons. The molecule has 22 heavy (non-hydrogen) atoms. The third-order valence-corrected chi connectivity index (χ3v) is 5.09. The van der Waals surface area contributed by atoms with Crippen LogP contribution in [-0.2, 0) is 26.6 Å². The Morgan fingerprint density at radius 3 is 2.68 bits per heavy atom. The summed E-state index contributed by atoms with van der Waals surface area (Å²) in [5.41, 5.74) is 1.11. The molecule has 2 aromatic rings. The lowest BCUT2D eigenvalue weighted by Gasteiger charge is -2.18. The Labute approximate surface area is 126 Å². The molecule has 0 saturated carbocycles. The number of aliphatic hydroxyl groups is 1. The molecule has 0 spiro atoms. The number of esters is 1. The lowest BCUT2D eigenvalue weighted by Crippen LogP contribution is -2.33. The first-order valence-corrected chi connectivity index (χ1v) is 7.90. The Morgan fingerprint density at radius 1 is 1.36 bits per heavy atom. The number of methoxy groups -OCH3 is 1. The number of hydrogen-bond acceptors (Lipinski definition) is 5. The highest BCUT2D eigenvalue weighted by atomic mass is 32.2. The van der Waals surface area contributed by atoms with Crippen LogP contribution < -0.4 is 4.72 Å². The summed E-state index contributed by atoms with van der Waals surface area (Å²) in [5.74, 6) is -1.40. The summed E-state index contributed by atoms with van der Waals surface area (Å²) in [6.07, 6.45) is 0. The molecule has 1 aromatic carbocycles. The van der Waals surface area contributed by atoms with E-state index in [2.05, 4.69) is 9.46 Å². The average molecular weight is 322 g/mol. The van der Waals surface area contributed by atoms with E-state index in [9.17, 15) is 18.3 Å². The normalized spacial score (nSPS) is 16.3. The van der Waals surface area contributed by atoms with Crippen molar-refractivity contribution in [2.45, 2.75) is 11.8 Å². The van der Waals surface area contributed by atoms with Crippen LogP contribution in [0.5, 0.6) is 0 Å². The number of nitrogens with one attached hydrogen (secondary N) is 1. The monoisotopic (exact) mass is 322 g/mol. The molecular formula is C14H14N2O5S. The van der Waals surface area contributed by atoms with Crippen LogP contribution >= 0.6 is 0 Å². The molecule has 8 heteroatoms. The highest BCUT2D eigenvalue weighted by Gasteiger charge is 2.37. The number of nitrogens with zero attached hydrogens (tertiary/aromatic N) is 1.